The number of hydrogen-bond donors (Lipinski definition) is 0. The first-order valence-electron chi connectivity index (χ1n) is 6.40. The second-order valence-electron chi connectivity index (χ2n) is 5.12. The third-order valence-electron chi connectivity index (χ3n) is 3.44. The van der Waals surface area contributed by atoms with Crippen molar-refractivity contribution in [2.75, 3.05) is 0 Å². The Morgan fingerprint density at radius 1 is 1.35 bits per heavy atom. The highest BCUT2D eigenvalue weighted by atomic mass is 35.5. The molecule has 3 nitrogen and oxygen atoms in total. The van der Waals surface area contributed by atoms with E-state index in [0.717, 1.165) is 5.56 Å². The standard InChI is InChI=1S/C15H16ClFN2O/c1-4-19-13(12(16)9-18-19)14(20)15(2,3)10-5-7-11(17)8-6-10/h5-9H,4H2,1-3H3. The monoisotopic (exact) mass is 294 g/mol. The van der Waals surface area contributed by atoms with E-state index in [1.165, 1.54) is 18.3 Å². The summed E-state index contributed by atoms with van der Waals surface area (Å²) >= 11 is 6.07. The Morgan fingerprint density at radius 2 is 1.95 bits per heavy atom. The number of rotatable bonds is 4. The third kappa shape index (κ3) is 2.48. The van der Waals surface area contributed by atoms with E-state index in [1.54, 1.807) is 30.7 Å². The Balaban J connectivity index is 2.45. The van der Waals surface area contributed by atoms with Gasteiger partial charge in [-0.05, 0) is 38.5 Å². The summed E-state index contributed by atoms with van der Waals surface area (Å²) in [5, 5.41) is 4.42. The molecule has 1 aromatic heterocycles. The van der Waals surface area contributed by atoms with Crippen molar-refractivity contribution in [3.05, 3.63) is 52.6 Å². The number of benzene rings is 1. The van der Waals surface area contributed by atoms with Gasteiger partial charge in [0.25, 0.3) is 0 Å². The minimum absolute atomic E-state index is 0.131. The Morgan fingerprint density at radius 3 is 2.50 bits per heavy atom. The molecule has 1 aromatic carbocycles. The van der Waals surface area contributed by atoms with Gasteiger partial charge in [-0.2, -0.15) is 5.10 Å². The molecule has 5 heteroatoms. The van der Waals surface area contributed by atoms with E-state index >= 15 is 0 Å². The molecule has 0 saturated heterocycles. The van der Waals surface area contributed by atoms with Crippen LogP contribution in [0.1, 0.15) is 36.8 Å². The second kappa shape index (κ2) is 5.37. The number of hydrogen-bond acceptors (Lipinski definition) is 2. The molecule has 1 heterocycles. The van der Waals surface area contributed by atoms with Gasteiger partial charge >= 0.3 is 0 Å². The summed E-state index contributed by atoms with van der Waals surface area (Å²) in [4.78, 5) is 12.8. The predicted octanol–water partition coefficient (Wildman–Crippen LogP) is 3.86. The second-order valence-corrected chi connectivity index (χ2v) is 5.53. The molecule has 20 heavy (non-hydrogen) atoms. The summed E-state index contributed by atoms with van der Waals surface area (Å²) in [6.07, 6.45) is 1.47. The zero-order valence-corrected chi connectivity index (χ0v) is 12.4. The van der Waals surface area contributed by atoms with Crippen LogP contribution in [0.25, 0.3) is 0 Å². The van der Waals surface area contributed by atoms with Gasteiger partial charge in [0.2, 0.25) is 0 Å². The van der Waals surface area contributed by atoms with E-state index < -0.39 is 5.41 Å². The minimum Gasteiger partial charge on any atom is -0.291 e. The number of aryl methyl sites for hydroxylation is 1. The molecule has 0 atom stereocenters. The molecule has 0 unspecified atom stereocenters. The highest BCUT2D eigenvalue weighted by Crippen LogP contribution is 2.30. The van der Waals surface area contributed by atoms with Crippen LogP contribution in [0, 0.1) is 5.82 Å². The molecule has 0 amide bonds. The quantitative estimate of drug-likeness (QED) is 0.803. The smallest absolute Gasteiger partial charge is 0.192 e. The van der Waals surface area contributed by atoms with Crippen LogP contribution in [-0.4, -0.2) is 15.6 Å². The largest absolute Gasteiger partial charge is 0.291 e. The van der Waals surface area contributed by atoms with Gasteiger partial charge in [-0.3, -0.25) is 9.48 Å². The van der Waals surface area contributed by atoms with Crippen LogP contribution >= 0.6 is 11.6 Å². The lowest BCUT2D eigenvalue weighted by Crippen LogP contribution is -2.31. The van der Waals surface area contributed by atoms with Gasteiger partial charge in [-0.1, -0.05) is 23.7 Å². The van der Waals surface area contributed by atoms with E-state index in [9.17, 15) is 9.18 Å². The number of ketones is 1. The fourth-order valence-electron chi connectivity index (χ4n) is 2.12. The van der Waals surface area contributed by atoms with Gasteiger partial charge in [-0.25, -0.2) is 4.39 Å². The van der Waals surface area contributed by atoms with Crippen LogP contribution < -0.4 is 0 Å². The van der Waals surface area contributed by atoms with Crippen molar-refractivity contribution in [1.29, 1.82) is 0 Å². The van der Waals surface area contributed by atoms with Crippen LogP contribution in [0.2, 0.25) is 5.02 Å². The summed E-state index contributed by atoms with van der Waals surface area (Å²) in [5.74, 6) is -0.456. The number of halogens is 2. The number of Topliss-reactive ketones (excluding diaryl/α,β-unsaturated/α-hetero) is 1. The first-order valence-corrected chi connectivity index (χ1v) is 6.78. The van der Waals surface area contributed by atoms with Crippen LogP contribution in [-0.2, 0) is 12.0 Å². The summed E-state index contributed by atoms with van der Waals surface area (Å²) in [7, 11) is 0. The molecule has 2 rings (SSSR count). The molecule has 0 aliphatic rings. The maximum Gasteiger partial charge on any atom is 0.192 e. The van der Waals surface area contributed by atoms with E-state index in [2.05, 4.69) is 5.10 Å². The van der Waals surface area contributed by atoms with Gasteiger partial charge in [0.05, 0.1) is 16.6 Å². The summed E-state index contributed by atoms with van der Waals surface area (Å²) in [6, 6.07) is 5.94. The molecule has 0 saturated carbocycles. The van der Waals surface area contributed by atoms with Crippen LogP contribution in [0.4, 0.5) is 4.39 Å². The Kier molecular flexibility index (Phi) is 3.95. The molecule has 2 aromatic rings. The van der Waals surface area contributed by atoms with Crippen molar-refractivity contribution in [1.82, 2.24) is 9.78 Å². The number of carbonyl (C=O) groups excluding carboxylic acids is 1. The molecule has 106 valence electrons. The number of nitrogens with zero attached hydrogens (tertiary/aromatic N) is 2. The molecule has 0 N–H and O–H groups in total. The van der Waals surface area contributed by atoms with Crippen LogP contribution in [0.15, 0.2) is 30.5 Å². The predicted molar refractivity (Wildman–Crippen MR) is 76.7 cm³/mol. The lowest BCUT2D eigenvalue weighted by molar-refractivity contribution is 0.0897. The summed E-state index contributed by atoms with van der Waals surface area (Å²) in [5.41, 5.74) is 0.330. The molecule has 0 aliphatic carbocycles. The van der Waals surface area contributed by atoms with E-state index in [0.29, 0.717) is 17.3 Å². The van der Waals surface area contributed by atoms with Crippen LogP contribution in [0.3, 0.4) is 0 Å². The highest BCUT2D eigenvalue weighted by molar-refractivity contribution is 6.34. The molecule has 0 bridgehead atoms. The maximum atomic E-state index is 13.0. The van der Waals surface area contributed by atoms with Gasteiger partial charge in [0.15, 0.2) is 5.78 Å². The highest BCUT2D eigenvalue weighted by Gasteiger charge is 2.34. The molecule has 0 spiro atoms. The fourth-order valence-corrected chi connectivity index (χ4v) is 2.35. The number of aromatic nitrogens is 2. The summed E-state index contributed by atoms with van der Waals surface area (Å²) in [6.45, 7) is 6.05. The topological polar surface area (TPSA) is 34.9 Å². The first-order chi connectivity index (χ1) is 9.37. The zero-order chi connectivity index (χ0) is 14.9. The van der Waals surface area contributed by atoms with Crippen molar-refractivity contribution in [3.63, 3.8) is 0 Å². The SMILES string of the molecule is CCn1ncc(Cl)c1C(=O)C(C)(C)c1ccc(F)cc1. The van der Waals surface area contributed by atoms with Crippen molar-refractivity contribution in [3.8, 4) is 0 Å². The van der Waals surface area contributed by atoms with Crippen molar-refractivity contribution >= 4 is 17.4 Å². The molecular weight excluding hydrogens is 279 g/mol. The van der Waals surface area contributed by atoms with Crippen LogP contribution in [0.5, 0.6) is 0 Å². The van der Waals surface area contributed by atoms with E-state index in [1.807, 2.05) is 6.92 Å². The average Bonchev–Trinajstić information content (AvgIpc) is 2.79. The van der Waals surface area contributed by atoms with Crippen molar-refractivity contribution in [2.24, 2.45) is 0 Å². The van der Waals surface area contributed by atoms with Crippen molar-refractivity contribution in [2.45, 2.75) is 32.7 Å². The number of carbonyl (C=O) groups is 1. The molecule has 0 fully saturated rings. The Hall–Kier alpha value is -1.68. The average molecular weight is 295 g/mol. The zero-order valence-electron chi connectivity index (χ0n) is 11.7. The van der Waals surface area contributed by atoms with Gasteiger partial charge < -0.3 is 0 Å². The molecular formula is C15H16ClFN2O. The normalized spacial score (nSPS) is 11.7. The lowest BCUT2D eigenvalue weighted by Gasteiger charge is -2.24. The van der Waals surface area contributed by atoms with Gasteiger partial charge in [0.1, 0.15) is 11.5 Å². The lowest BCUT2D eigenvalue weighted by atomic mass is 9.79. The van der Waals surface area contributed by atoms with Gasteiger partial charge in [-0.15, -0.1) is 0 Å². The third-order valence-corrected chi connectivity index (χ3v) is 3.72. The fraction of sp³-hybridized carbons (Fsp3) is 0.333. The summed E-state index contributed by atoms with van der Waals surface area (Å²) < 4.78 is 14.6. The Bertz CT molecular complexity index is 632. The van der Waals surface area contributed by atoms with Gasteiger partial charge in [0, 0.05) is 6.54 Å². The van der Waals surface area contributed by atoms with E-state index in [4.69, 9.17) is 11.6 Å². The first kappa shape index (κ1) is 14.7. The molecule has 0 radical (unpaired) electrons. The maximum absolute atomic E-state index is 13.0. The van der Waals surface area contributed by atoms with Crippen molar-refractivity contribution < 1.29 is 9.18 Å². The molecule has 0 aliphatic heterocycles. The van der Waals surface area contributed by atoms with E-state index in [-0.39, 0.29) is 11.6 Å². The minimum atomic E-state index is -0.801. The Labute approximate surface area is 122 Å².